The third kappa shape index (κ3) is 5.51. The molecule has 0 spiro atoms. The van der Waals surface area contributed by atoms with E-state index in [4.69, 9.17) is 4.74 Å². The van der Waals surface area contributed by atoms with Crippen molar-refractivity contribution in [2.75, 3.05) is 13.7 Å². The summed E-state index contributed by atoms with van der Waals surface area (Å²) >= 11 is 0. The van der Waals surface area contributed by atoms with Crippen molar-refractivity contribution in [2.45, 2.75) is 53.0 Å². The Balaban J connectivity index is 1.78. The maximum Gasteiger partial charge on any atom is 0.118 e. The maximum atomic E-state index is 5.20. The number of aliphatic imine (C=N–C) groups is 1. The van der Waals surface area contributed by atoms with Gasteiger partial charge in [-0.25, -0.2) is 0 Å². The van der Waals surface area contributed by atoms with Gasteiger partial charge in [-0.1, -0.05) is 26.0 Å². The van der Waals surface area contributed by atoms with Crippen molar-refractivity contribution in [1.29, 1.82) is 0 Å². The zero-order valence-electron chi connectivity index (χ0n) is 15.1. The van der Waals surface area contributed by atoms with E-state index in [1.165, 1.54) is 16.8 Å². The molecule has 0 saturated carbocycles. The molecule has 1 N–H and O–H groups in total. The first kappa shape index (κ1) is 17.7. The highest BCUT2D eigenvalue weighted by atomic mass is 16.5. The summed E-state index contributed by atoms with van der Waals surface area (Å²) < 4.78 is 5.20. The average Bonchev–Trinajstić information content (AvgIpc) is 2.51. The Kier molecular flexibility index (Phi) is 6.00. The molecule has 0 radical (unpaired) electrons. The van der Waals surface area contributed by atoms with Crippen molar-refractivity contribution < 1.29 is 4.74 Å². The Morgan fingerprint density at radius 1 is 1.26 bits per heavy atom. The number of hydrogen-bond acceptors (Lipinski definition) is 3. The van der Waals surface area contributed by atoms with Gasteiger partial charge in [0.1, 0.15) is 5.75 Å². The van der Waals surface area contributed by atoms with Crippen LogP contribution in [0.2, 0.25) is 0 Å². The molecular weight excluding hydrogens is 284 g/mol. The Morgan fingerprint density at radius 3 is 2.61 bits per heavy atom. The summed E-state index contributed by atoms with van der Waals surface area (Å²) in [4.78, 5) is 4.56. The maximum absolute atomic E-state index is 5.20. The van der Waals surface area contributed by atoms with E-state index < -0.39 is 0 Å². The Labute approximate surface area is 140 Å². The number of nitrogens with one attached hydrogen (secondary N) is 1. The van der Waals surface area contributed by atoms with Crippen LogP contribution in [-0.2, 0) is 6.42 Å². The van der Waals surface area contributed by atoms with Crippen molar-refractivity contribution in [3.63, 3.8) is 0 Å². The molecule has 2 rings (SSSR count). The normalized spacial score (nSPS) is 18.1. The number of rotatable bonds is 7. The molecule has 1 aromatic carbocycles. The summed E-state index contributed by atoms with van der Waals surface area (Å²) in [6.45, 7) is 9.89. The lowest BCUT2D eigenvalue weighted by Crippen LogP contribution is -2.30. The summed E-state index contributed by atoms with van der Waals surface area (Å²) in [7, 11) is 1.70. The van der Waals surface area contributed by atoms with E-state index in [2.05, 4.69) is 56.4 Å². The first-order valence-corrected chi connectivity index (χ1v) is 8.50. The molecule has 0 fully saturated rings. The molecular formula is C20H30N2O. The largest absolute Gasteiger partial charge is 0.497 e. The van der Waals surface area contributed by atoms with Crippen LogP contribution in [0.3, 0.4) is 0 Å². The van der Waals surface area contributed by atoms with E-state index in [1.807, 2.05) is 12.1 Å². The summed E-state index contributed by atoms with van der Waals surface area (Å²) in [5.74, 6) is 0.914. The van der Waals surface area contributed by atoms with E-state index >= 15 is 0 Å². The smallest absolute Gasteiger partial charge is 0.118 e. The molecule has 0 aromatic heterocycles. The first-order chi connectivity index (χ1) is 10.9. The molecule has 3 nitrogen and oxygen atoms in total. The summed E-state index contributed by atoms with van der Waals surface area (Å²) in [5.41, 5.74) is 4.23. The number of ether oxygens (including phenoxy) is 1. The van der Waals surface area contributed by atoms with E-state index in [-0.39, 0.29) is 5.41 Å². The van der Waals surface area contributed by atoms with Crippen LogP contribution in [0, 0.1) is 5.41 Å². The van der Waals surface area contributed by atoms with Crippen LogP contribution in [-0.4, -0.2) is 25.9 Å². The van der Waals surface area contributed by atoms with Gasteiger partial charge in [0.2, 0.25) is 0 Å². The number of allylic oxidation sites excluding steroid dienone is 1. The van der Waals surface area contributed by atoms with Crippen LogP contribution < -0.4 is 10.1 Å². The monoisotopic (exact) mass is 314 g/mol. The van der Waals surface area contributed by atoms with Crippen LogP contribution in [0.4, 0.5) is 0 Å². The fourth-order valence-corrected chi connectivity index (χ4v) is 3.01. The van der Waals surface area contributed by atoms with Crippen molar-refractivity contribution >= 4 is 6.21 Å². The number of methoxy groups -OCH3 is 1. The molecule has 1 atom stereocenters. The molecule has 0 saturated heterocycles. The lowest BCUT2D eigenvalue weighted by molar-refractivity contribution is 0.414. The van der Waals surface area contributed by atoms with Gasteiger partial charge >= 0.3 is 0 Å². The molecule has 0 amide bonds. The molecule has 1 aromatic rings. The molecule has 126 valence electrons. The summed E-state index contributed by atoms with van der Waals surface area (Å²) in [5, 5.41) is 3.64. The predicted molar refractivity (Wildman–Crippen MR) is 98.4 cm³/mol. The molecule has 23 heavy (non-hydrogen) atoms. The first-order valence-electron chi connectivity index (χ1n) is 8.50. The van der Waals surface area contributed by atoms with Gasteiger partial charge in [0.15, 0.2) is 0 Å². The number of nitrogens with zero attached hydrogens (tertiary/aromatic N) is 1. The highest BCUT2D eigenvalue weighted by molar-refractivity contribution is 5.68. The molecule has 3 heteroatoms. The van der Waals surface area contributed by atoms with E-state index in [0.29, 0.717) is 6.04 Å². The third-order valence-electron chi connectivity index (χ3n) is 4.41. The van der Waals surface area contributed by atoms with Crippen LogP contribution in [0.1, 0.15) is 46.1 Å². The quantitative estimate of drug-likeness (QED) is 0.810. The third-order valence-corrected chi connectivity index (χ3v) is 4.41. The Hall–Kier alpha value is -1.61. The average molecular weight is 314 g/mol. The van der Waals surface area contributed by atoms with Gasteiger partial charge in [-0.2, -0.15) is 0 Å². The van der Waals surface area contributed by atoms with Gasteiger partial charge in [-0.3, -0.25) is 4.99 Å². The second-order valence-corrected chi connectivity index (χ2v) is 7.27. The van der Waals surface area contributed by atoms with E-state index in [0.717, 1.165) is 31.6 Å². The van der Waals surface area contributed by atoms with Crippen molar-refractivity contribution in [3.05, 3.63) is 41.1 Å². The van der Waals surface area contributed by atoms with Crippen molar-refractivity contribution in [1.82, 2.24) is 5.32 Å². The predicted octanol–water partition coefficient (Wildman–Crippen LogP) is 4.38. The molecule has 0 unspecified atom stereocenters. The molecule has 1 heterocycles. The lowest BCUT2D eigenvalue weighted by atomic mass is 9.83. The minimum Gasteiger partial charge on any atom is -0.497 e. The van der Waals surface area contributed by atoms with Gasteiger partial charge in [-0.15, -0.1) is 0 Å². The molecule has 0 aliphatic carbocycles. The van der Waals surface area contributed by atoms with Gasteiger partial charge in [0.25, 0.3) is 0 Å². The summed E-state index contributed by atoms with van der Waals surface area (Å²) in [6.07, 6.45) is 5.33. The molecule has 0 bridgehead atoms. The van der Waals surface area contributed by atoms with Crippen LogP contribution >= 0.6 is 0 Å². The summed E-state index contributed by atoms with van der Waals surface area (Å²) in [6, 6.07) is 8.80. The van der Waals surface area contributed by atoms with E-state index in [9.17, 15) is 0 Å². The highest BCUT2D eigenvalue weighted by Crippen LogP contribution is 2.31. The minimum atomic E-state index is 0.198. The fourth-order valence-electron chi connectivity index (χ4n) is 3.01. The highest BCUT2D eigenvalue weighted by Gasteiger charge is 2.22. The second-order valence-electron chi connectivity index (χ2n) is 7.27. The van der Waals surface area contributed by atoms with Crippen LogP contribution in [0.25, 0.3) is 0 Å². The topological polar surface area (TPSA) is 33.6 Å². The zero-order valence-corrected chi connectivity index (χ0v) is 15.1. The van der Waals surface area contributed by atoms with Gasteiger partial charge in [0, 0.05) is 23.4 Å². The SMILES string of the molecule is COc1ccc(C[C@@H](C)NCCC2=C(C)N=CC(C)(C)C2)cc1. The zero-order chi connectivity index (χ0) is 16.9. The second kappa shape index (κ2) is 7.78. The number of hydrogen-bond donors (Lipinski definition) is 1. The van der Waals surface area contributed by atoms with Crippen molar-refractivity contribution in [2.24, 2.45) is 10.4 Å². The molecule has 1 aliphatic rings. The molecule has 1 aliphatic heterocycles. The van der Waals surface area contributed by atoms with Gasteiger partial charge < -0.3 is 10.1 Å². The van der Waals surface area contributed by atoms with Crippen LogP contribution in [0.5, 0.6) is 5.75 Å². The van der Waals surface area contributed by atoms with Crippen LogP contribution in [0.15, 0.2) is 40.5 Å². The van der Waals surface area contributed by atoms with E-state index in [1.54, 1.807) is 7.11 Å². The Morgan fingerprint density at radius 2 is 1.96 bits per heavy atom. The van der Waals surface area contributed by atoms with Gasteiger partial charge in [-0.05, 0) is 62.9 Å². The minimum absolute atomic E-state index is 0.198. The van der Waals surface area contributed by atoms with Gasteiger partial charge in [0.05, 0.1) is 7.11 Å². The standard InChI is InChI=1S/C20H30N2O/c1-15(12-17-6-8-19(23-5)9-7-17)21-11-10-18-13-20(3,4)14-22-16(18)2/h6-9,14-15,21H,10-13H2,1-5H3/t15-/m1/s1. The fraction of sp³-hybridized carbons (Fsp3) is 0.550. The Bertz CT molecular complexity index is 570. The lowest BCUT2D eigenvalue weighted by Gasteiger charge is -2.26. The van der Waals surface area contributed by atoms with Crippen molar-refractivity contribution in [3.8, 4) is 5.75 Å². The number of benzene rings is 1.